The van der Waals surface area contributed by atoms with Crippen LogP contribution in [0.25, 0.3) is 0 Å². The number of rotatable bonds is 9. The summed E-state index contributed by atoms with van der Waals surface area (Å²) < 4.78 is 9.82. The summed E-state index contributed by atoms with van der Waals surface area (Å²) in [6.07, 6.45) is 2.24. The van der Waals surface area contributed by atoms with Crippen molar-refractivity contribution in [3.05, 3.63) is 24.3 Å². The zero-order chi connectivity index (χ0) is 36.7. The lowest BCUT2D eigenvalue weighted by Crippen LogP contribution is -2.62. The number of aliphatic hydroxyl groups excluding tert-OH is 1. The topological polar surface area (TPSA) is 138 Å². The molecular formula is C35H66N2O9. The van der Waals surface area contributed by atoms with E-state index in [1.54, 1.807) is 41.5 Å². The maximum atomic E-state index is 11.8. The Hall–Kier alpha value is -1.86. The summed E-state index contributed by atoms with van der Waals surface area (Å²) in [6, 6.07) is 0. The summed E-state index contributed by atoms with van der Waals surface area (Å²) in [5.41, 5.74) is -1.98. The van der Waals surface area contributed by atoms with Crippen molar-refractivity contribution in [3.63, 3.8) is 0 Å². The third-order valence-corrected chi connectivity index (χ3v) is 7.37. The average molecular weight is 659 g/mol. The molecule has 0 aliphatic carbocycles. The number of methoxy groups -OCH3 is 1. The Morgan fingerprint density at radius 3 is 1.24 bits per heavy atom. The first-order valence-electron chi connectivity index (χ1n) is 16.0. The number of piperidine rings is 2. The summed E-state index contributed by atoms with van der Waals surface area (Å²) in [7, 11) is 1.33. The minimum Gasteiger partial charge on any atom is -0.466 e. The first kappa shape index (κ1) is 44.1. The van der Waals surface area contributed by atoms with E-state index in [-0.39, 0.29) is 59.5 Å². The van der Waals surface area contributed by atoms with Crippen molar-refractivity contribution in [1.29, 1.82) is 0 Å². The highest BCUT2D eigenvalue weighted by Crippen LogP contribution is 2.41. The SMILES string of the molecule is C=C(C)C(=O)OC.C=C(C)C(=O)OC1CC(C)(C)N(OCC(C)(C)O)C(C)(C)C1.CC(C)(O)CON1C(C)(C)CC(O)CC1(C)C. The zero-order valence-corrected chi connectivity index (χ0v) is 31.5. The molecule has 2 saturated heterocycles. The van der Waals surface area contributed by atoms with Crippen molar-refractivity contribution in [3.8, 4) is 0 Å². The van der Waals surface area contributed by atoms with E-state index < -0.39 is 11.2 Å². The Labute approximate surface area is 278 Å². The van der Waals surface area contributed by atoms with Gasteiger partial charge in [-0.15, -0.1) is 0 Å². The Balaban J connectivity index is 0.000000746. The largest absolute Gasteiger partial charge is 0.466 e. The molecule has 0 atom stereocenters. The molecule has 270 valence electrons. The molecule has 11 heteroatoms. The van der Waals surface area contributed by atoms with Gasteiger partial charge >= 0.3 is 11.9 Å². The molecule has 0 aromatic rings. The predicted octanol–water partition coefficient (Wildman–Crippen LogP) is 5.27. The Bertz CT molecular complexity index is 1000. The lowest BCUT2D eigenvalue weighted by Gasteiger charge is -2.53. The lowest BCUT2D eigenvalue weighted by atomic mass is 9.80. The Morgan fingerprint density at radius 2 is 1.00 bits per heavy atom. The predicted molar refractivity (Wildman–Crippen MR) is 180 cm³/mol. The maximum Gasteiger partial charge on any atom is 0.333 e. The summed E-state index contributed by atoms with van der Waals surface area (Å²) in [4.78, 5) is 33.7. The fraction of sp³-hybridized carbons (Fsp3) is 0.829. The lowest BCUT2D eigenvalue weighted by molar-refractivity contribution is -0.306. The van der Waals surface area contributed by atoms with E-state index >= 15 is 0 Å². The number of hydrogen-bond acceptors (Lipinski definition) is 11. The van der Waals surface area contributed by atoms with Crippen LogP contribution in [-0.4, -0.2) is 103 Å². The fourth-order valence-electron chi connectivity index (χ4n) is 6.04. The van der Waals surface area contributed by atoms with Gasteiger partial charge in [0.05, 0.1) is 37.6 Å². The highest BCUT2D eigenvalue weighted by molar-refractivity contribution is 5.87. The van der Waals surface area contributed by atoms with Crippen molar-refractivity contribution >= 4 is 11.9 Å². The second-order valence-corrected chi connectivity index (χ2v) is 16.6. The number of nitrogens with zero attached hydrogens (tertiary/aromatic N) is 2. The minimum atomic E-state index is -0.893. The monoisotopic (exact) mass is 658 g/mol. The third kappa shape index (κ3) is 15.4. The molecule has 2 aliphatic heterocycles. The second kappa shape index (κ2) is 16.5. The van der Waals surface area contributed by atoms with Crippen LogP contribution >= 0.6 is 0 Å². The maximum absolute atomic E-state index is 11.8. The molecule has 0 aromatic heterocycles. The van der Waals surface area contributed by atoms with E-state index in [4.69, 9.17) is 14.4 Å². The molecule has 0 bridgehead atoms. The molecule has 2 fully saturated rings. The molecule has 3 N–H and O–H groups in total. The molecule has 0 radical (unpaired) electrons. The van der Waals surface area contributed by atoms with E-state index in [2.05, 4.69) is 73.3 Å². The van der Waals surface area contributed by atoms with Gasteiger partial charge in [-0.25, -0.2) is 9.59 Å². The van der Waals surface area contributed by atoms with Crippen molar-refractivity contribution < 1.29 is 44.1 Å². The number of hydrogen-bond donors (Lipinski definition) is 3. The minimum absolute atomic E-state index is 0.170. The van der Waals surface area contributed by atoms with Gasteiger partial charge in [0.15, 0.2) is 0 Å². The molecule has 2 aliphatic rings. The highest BCUT2D eigenvalue weighted by Gasteiger charge is 2.49. The number of aliphatic hydroxyl groups is 3. The van der Waals surface area contributed by atoms with Crippen molar-refractivity contribution in [2.75, 3.05) is 20.3 Å². The average Bonchev–Trinajstić information content (AvgIpc) is 2.79. The first-order valence-corrected chi connectivity index (χ1v) is 16.0. The van der Waals surface area contributed by atoms with Crippen molar-refractivity contribution in [2.45, 2.75) is 168 Å². The van der Waals surface area contributed by atoms with Crippen LogP contribution in [0.2, 0.25) is 0 Å². The standard InChI is InChI=1S/C17H31NO4.C13H27NO3.C5H8O2/c1-12(2)14(19)22-13-9-15(3,4)18(16(5,6)10-13)21-11-17(7,8)20;1-11(2)7-10(15)8-12(3,4)14(11)17-9-13(5,6)16;1-4(2)5(6)7-3/h13,20H,1,9-11H2,2-8H3;10,15-16H,7-9H2,1-6H3;1H2,2-3H3. The number of carbonyl (C=O) groups excluding carboxylic acids is 2. The van der Waals surface area contributed by atoms with E-state index in [9.17, 15) is 24.9 Å². The number of hydroxylamine groups is 4. The smallest absolute Gasteiger partial charge is 0.333 e. The van der Waals surface area contributed by atoms with Gasteiger partial charge in [-0.3, -0.25) is 9.68 Å². The molecule has 0 unspecified atom stereocenters. The molecule has 0 saturated carbocycles. The first-order chi connectivity index (χ1) is 20.4. The van der Waals surface area contributed by atoms with Gasteiger partial charge in [-0.1, -0.05) is 13.2 Å². The van der Waals surface area contributed by atoms with Crippen LogP contribution in [0.3, 0.4) is 0 Å². The summed E-state index contributed by atoms with van der Waals surface area (Å²) in [5, 5.41) is 33.4. The van der Waals surface area contributed by atoms with Gasteiger partial charge < -0.3 is 24.8 Å². The van der Waals surface area contributed by atoms with Crippen LogP contribution in [0, 0.1) is 0 Å². The van der Waals surface area contributed by atoms with Gasteiger partial charge in [0.2, 0.25) is 0 Å². The summed E-state index contributed by atoms with van der Waals surface area (Å²) in [5.74, 6) is -0.692. The third-order valence-electron chi connectivity index (χ3n) is 7.37. The van der Waals surface area contributed by atoms with Gasteiger partial charge in [0.25, 0.3) is 0 Å². The molecule has 0 aromatic carbocycles. The van der Waals surface area contributed by atoms with Crippen LogP contribution in [0.5, 0.6) is 0 Å². The van der Waals surface area contributed by atoms with E-state index in [1.165, 1.54) is 7.11 Å². The molecule has 11 nitrogen and oxygen atoms in total. The number of esters is 2. The second-order valence-electron chi connectivity index (χ2n) is 16.6. The molecule has 0 spiro atoms. The van der Waals surface area contributed by atoms with E-state index in [1.807, 2.05) is 10.1 Å². The molecule has 0 amide bonds. The van der Waals surface area contributed by atoms with Gasteiger partial charge in [-0.05, 0) is 110 Å². The van der Waals surface area contributed by atoms with E-state index in [0.717, 1.165) is 0 Å². The van der Waals surface area contributed by atoms with Crippen LogP contribution < -0.4 is 0 Å². The van der Waals surface area contributed by atoms with Gasteiger partial charge in [0.1, 0.15) is 6.10 Å². The van der Waals surface area contributed by atoms with Gasteiger partial charge in [-0.2, -0.15) is 10.1 Å². The summed E-state index contributed by atoms with van der Waals surface area (Å²) >= 11 is 0. The normalized spacial score (nSPS) is 21.5. The zero-order valence-electron chi connectivity index (χ0n) is 31.5. The molecular weight excluding hydrogens is 592 g/mol. The fourth-order valence-corrected chi connectivity index (χ4v) is 6.04. The number of ether oxygens (including phenoxy) is 2. The van der Waals surface area contributed by atoms with Crippen molar-refractivity contribution in [2.24, 2.45) is 0 Å². The number of carbonyl (C=O) groups is 2. The quantitative estimate of drug-likeness (QED) is 0.221. The van der Waals surface area contributed by atoms with Gasteiger partial charge in [0, 0.05) is 46.1 Å². The molecule has 2 heterocycles. The molecule has 2 rings (SSSR count). The van der Waals surface area contributed by atoms with Crippen LogP contribution in [0.1, 0.15) is 123 Å². The van der Waals surface area contributed by atoms with E-state index in [0.29, 0.717) is 36.8 Å². The van der Waals surface area contributed by atoms with Crippen LogP contribution in [0.4, 0.5) is 0 Å². The molecule has 46 heavy (non-hydrogen) atoms. The Kier molecular flexibility index (Phi) is 15.8. The Morgan fingerprint density at radius 1 is 0.696 bits per heavy atom. The van der Waals surface area contributed by atoms with Crippen LogP contribution in [0.15, 0.2) is 24.3 Å². The van der Waals surface area contributed by atoms with Crippen molar-refractivity contribution in [1.82, 2.24) is 10.1 Å². The highest BCUT2D eigenvalue weighted by atomic mass is 16.7. The summed E-state index contributed by atoms with van der Waals surface area (Å²) in [6.45, 7) is 34.1. The van der Waals surface area contributed by atoms with Crippen LogP contribution in [-0.2, 0) is 28.7 Å².